The average Bonchev–Trinajstić information content (AvgIpc) is 2.96. The van der Waals surface area contributed by atoms with Crippen molar-refractivity contribution in [1.82, 2.24) is 15.0 Å². The van der Waals surface area contributed by atoms with Gasteiger partial charge in [0.05, 0.1) is 28.8 Å². The van der Waals surface area contributed by atoms with E-state index in [0.717, 1.165) is 30.3 Å². The Kier molecular flexibility index (Phi) is 6.04. The van der Waals surface area contributed by atoms with Crippen molar-refractivity contribution >= 4 is 41.5 Å². The second-order valence-electron chi connectivity index (χ2n) is 6.76. The van der Waals surface area contributed by atoms with E-state index in [0.29, 0.717) is 52.2 Å². The summed E-state index contributed by atoms with van der Waals surface area (Å²) in [5.41, 5.74) is 0.914. The Morgan fingerprint density at radius 2 is 2.03 bits per heavy atom. The predicted octanol–water partition coefficient (Wildman–Crippen LogP) is 2.88. The summed E-state index contributed by atoms with van der Waals surface area (Å²) in [4.78, 5) is 20.1. The van der Waals surface area contributed by atoms with Crippen molar-refractivity contribution in [2.24, 2.45) is 9.98 Å². The topological polar surface area (TPSA) is 109 Å². The van der Waals surface area contributed by atoms with E-state index in [1.807, 2.05) is 19.1 Å². The Labute approximate surface area is 178 Å². The molecule has 0 aromatic carbocycles. The molecule has 0 saturated heterocycles. The number of fused-ring (bicyclic) bond motifs is 1. The van der Waals surface area contributed by atoms with Crippen molar-refractivity contribution in [3.8, 4) is 5.75 Å². The molecule has 0 amide bonds. The van der Waals surface area contributed by atoms with E-state index >= 15 is 0 Å². The molecule has 2 N–H and O–H groups in total. The molecule has 4 heterocycles. The summed E-state index contributed by atoms with van der Waals surface area (Å²) < 4.78 is 12.0. The Morgan fingerprint density at radius 1 is 1.20 bits per heavy atom. The van der Waals surface area contributed by atoms with Gasteiger partial charge >= 0.3 is 0 Å². The summed E-state index contributed by atoms with van der Waals surface area (Å²) in [6.45, 7) is 2.03. The summed E-state index contributed by atoms with van der Waals surface area (Å²) in [7, 11) is 0. The van der Waals surface area contributed by atoms with Crippen molar-refractivity contribution in [3.63, 3.8) is 0 Å². The molecule has 2 aromatic rings. The molecule has 0 radical (unpaired) electrons. The summed E-state index contributed by atoms with van der Waals surface area (Å²) in [6.07, 6.45) is 13.5. The van der Waals surface area contributed by atoms with E-state index < -0.39 is 0 Å². The van der Waals surface area contributed by atoms with Gasteiger partial charge in [-0.3, -0.25) is 5.41 Å². The molecule has 2 aliphatic rings. The van der Waals surface area contributed by atoms with Crippen molar-refractivity contribution in [2.75, 3.05) is 0 Å². The van der Waals surface area contributed by atoms with E-state index in [1.54, 1.807) is 18.6 Å². The van der Waals surface area contributed by atoms with Crippen LogP contribution in [0, 0.1) is 5.41 Å². The first-order valence-corrected chi connectivity index (χ1v) is 10.1. The molecular formula is C21H21ClN6O2. The Balaban J connectivity index is 1.78. The van der Waals surface area contributed by atoms with E-state index in [4.69, 9.17) is 26.5 Å². The molecular weight excluding hydrogens is 404 g/mol. The minimum Gasteiger partial charge on any atom is -0.439 e. The lowest BCUT2D eigenvalue weighted by atomic mass is 10.2. The van der Waals surface area contributed by atoms with Gasteiger partial charge in [-0.05, 0) is 25.3 Å². The SMILES string of the molecule is CCc1[nH]c2c(c1Cl)=C(O/C1=C/CCCC(=N)N=C1)N=C(Oc1cncnc1)CC=2. The van der Waals surface area contributed by atoms with Gasteiger partial charge in [-0.1, -0.05) is 24.6 Å². The molecule has 0 unspecified atom stereocenters. The zero-order valence-electron chi connectivity index (χ0n) is 16.5. The largest absolute Gasteiger partial charge is 0.439 e. The smallest absolute Gasteiger partial charge is 0.233 e. The van der Waals surface area contributed by atoms with Crippen LogP contribution in [0.2, 0.25) is 5.02 Å². The van der Waals surface area contributed by atoms with Gasteiger partial charge in [-0.15, -0.1) is 0 Å². The first-order valence-electron chi connectivity index (χ1n) is 9.74. The van der Waals surface area contributed by atoms with E-state index in [1.165, 1.54) is 6.33 Å². The number of aryl methyl sites for hydroxylation is 1. The molecule has 30 heavy (non-hydrogen) atoms. The van der Waals surface area contributed by atoms with Crippen LogP contribution >= 0.6 is 11.6 Å². The molecule has 9 heteroatoms. The standard InChI is InChI=1S/C21H21ClN6O2/c1-2-15-20(22)19-16(27-15)7-8-18(29-14-9-24-12-25-10-14)28-21(19)30-13-5-3-4-6-17(23)26-11-13/h5,7,9-12,23,27H,2-4,6,8H2,1H3/b13-5+,23-17?,26-11?. The Bertz CT molecular complexity index is 1160. The molecule has 154 valence electrons. The van der Waals surface area contributed by atoms with Crippen molar-refractivity contribution < 1.29 is 9.47 Å². The zero-order chi connectivity index (χ0) is 20.9. The molecule has 0 fully saturated rings. The quantitative estimate of drug-likeness (QED) is 0.786. The van der Waals surface area contributed by atoms with Crippen molar-refractivity contribution in [1.29, 1.82) is 5.41 Å². The van der Waals surface area contributed by atoms with Crippen LogP contribution in [-0.2, 0) is 11.2 Å². The van der Waals surface area contributed by atoms with Gasteiger partial charge in [0.1, 0.15) is 17.9 Å². The summed E-state index contributed by atoms with van der Waals surface area (Å²) in [6, 6.07) is 0. The van der Waals surface area contributed by atoms with Crippen LogP contribution in [0.4, 0.5) is 0 Å². The van der Waals surface area contributed by atoms with Gasteiger partial charge in [0, 0.05) is 23.9 Å². The third kappa shape index (κ3) is 4.49. The number of hydrogen-bond acceptors (Lipinski definition) is 6. The molecule has 8 nitrogen and oxygen atoms in total. The number of nitrogens with zero attached hydrogens (tertiary/aromatic N) is 4. The van der Waals surface area contributed by atoms with E-state index in [9.17, 15) is 0 Å². The minimum atomic E-state index is 0.316. The minimum absolute atomic E-state index is 0.316. The second-order valence-corrected chi connectivity index (χ2v) is 7.14. The third-order valence-corrected chi connectivity index (χ3v) is 5.03. The highest BCUT2D eigenvalue weighted by molar-refractivity contribution is 6.31. The van der Waals surface area contributed by atoms with Crippen LogP contribution in [0.1, 0.15) is 38.3 Å². The molecule has 2 aliphatic heterocycles. The highest BCUT2D eigenvalue weighted by Crippen LogP contribution is 2.18. The summed E-state index contributed by atoms with van der Waals surface area (Å²) in [5.74, 6) is 2.07. The monoisotopic (exact) mass is 424 g/mol. The first-order chi connectivity index (χ1) is 14.6. The average molecular weight is 425 g/mol. The first kappa shape index (κ1) is 20.0. The van der Waals surface area contributed by atoms with Gasteiger partial charge in [0.15, 0.2) is 5.75 Å². The maximum atomic E-state index is 7.83. The van der Waals surface area contributed by atoms with Crippen LogP contribution in [-0.4, -0.2) is 32.9 Å². The van der Waals surface area contributed by atoms with Crippen LogP contribution in [0.3, 0.4) is 0 Å². The highest BCUT2D eigenvalue weighted by atomic mass is 35.5. The third-order valence-electron chi connectivity index (χ3n) is 4.61. The van der Waals surface area contributed by atoms with Gasteiger partial charge in [-0.2, -0.15) is 4.99 Å². The molecule has 2 aromatic heterocycles. The van der Waals surface area contributed by atoms with Gasteiger partial charge in [0.2, 0.25) is 11.8 Å². The fourth-order valence-corrected chi connectivity index (χ4v) is 3.49. The fourth-order valence-electron chi connectivity index (χ4n) is 3.12. The zero-order valence-corrected chi connectivity index (χ0v) is 17.2. The molecule has 4 rings (SSSR count). The van der Waals surface area contributed by atoms with Gasteiger partial charge in [-0.25, -0.2) is 15.0 Å². The normalized spacial score (nSPS) is 18.2. The summed E-state index contributed by atoms with van der Waals surface area (Å²) >= 11 is 6.65. The second kappa shape index (κ2) is 9.04. The number of H-pyrrole nitrogens is 1. The number of rotatable bonds is 4. The lowest BCUT2D eigenvalue weighted by molar-refractivity contribution is 0.393. The molecule has 0 bridgehead atoms. The van der Waals surface area contributed by atoms with Crippen LogP contribution in [0.25, 0.3) is 12.0 Å². The highest BCUT2D eigenvalue weighted by Gasteiger charge is 2.17. The number of amidine groups is 1. The number of ether oxygens (including phenoxy) is 2. The number of aliphatic imine (C=N–C) groups is 2. The number of halogens is 1. The van der Waals surface area contributed by atoms with Crippen LogP contribution < -0.4 is 15.3 Å². The number of aromatic nitrogens is 3. The molecule has 0 spiro atoms. The number of hydrogen-bond donors (Lipinski definition) is 2. The maximum Gasteiger partial charge on any atom is 0.233 e. The Hall–Kier alpha value is -3.26. The lowest BCUT2D eigenvalue weighted by Gasteiger charge is -2.10. The number of allylic oxidation sites excluding steroid dienone is 2. The molecule has 0 aliphatic carbocycles. The van der Waals surface area contributed by atoms with Crippen molar-refractivity contribution in [2.45, 2.75) is 39.0 Å². The summed E-state index contributed by atoms with van der Waals surface area (Å²) in [5, 5.41) is 9.91. The van der Waals surface area contributed by atoms with Crippen molar-refractivity contribution in [3.05, 3.63) is 51.8 Å². The predicted molar refractivity (Wildman–Crippen MR) is 116 cm³/mol. The molecule has 0 saturated carbocycles. The van der Waals surface area contributed by atoms with Crippen LogP contribution in [0.5, 0.6) is 5.75 Å². The lowest BCUT2D eigenvalue weighted by Crippen LogP contribution is -2.25. The molecule has 0 atom stereocenters. The van der Waals surface area contributed by atoms with Gasteiger partial charge in [0.25, 0.3) is 0 Å². The van der Waals surface area contributed by atoms with E-state index in [-0.39, 0.29) is 0 Å². The van der Waals surface area contributed by atoms with E-state index in [2.05, 4.69) is 24.9 Å². The van der Waals surface area contributed by atoms with Gasteiger partial charge < -0.3 is 14.5 Å². The fraction of sp³-hybridized carbons (Fsp3) is 0.286. The van der Waals surface area contributed by atoms with Crippen LogP contribution in [0.15, 0.2) is 40.5 Å². The Morgan fingerprint density at radius 3 is 2.83 bits per heavy atom. The number of aromatic amines is 1. The maximum absolute atomic E-state index is 7.83. The number of nitrogens with one attached hydrogen (secondary N) is 2.